The topological polar surface area (TPSA) is 90.4 Å². The summed E-state index contributed by atoms with van der Waals surface area (Å²) in [4.78, 5) is 12.4. The van der Waals surface area contributed by atoms with E-state index in [2.05, 4.69) is 5.32 Å². The molecule has 5 nitrogen and oxygen atoms in total. The number of hydrogen-bond donors (Lipinski definition) is 3. The molecule has 3 rings (SSSR count). The average molecular weight is 357 g/mol. The number of nitrogens with one attached hydrogen (secondary N) is 1. The number of ether oxygens (including phenoxy) is 1. The van der Waals surface area contributed by atoms with E-state index in [0.717, 1.165) is 31.2 Å². The molecule has 1 fully saturated rings. The van der Waals surface area contributed by atoms with Gasteiger partial charge in [0.2, 0.25) is 0 Å². The Kier molecular flexibility index (Phi) is 5.85. The van der Waals surface area contributed by atoms with E-state index in [4.69, 9.17) is 16.2 Å². The van der Waals surface area contributed by atoms with E-state index in [-0.39, 0.29) is 17.6 Å². The summed E-state index contributed by atoms with van der Waals surface area (Å²) in [6.45, 7) is 0.586. The summed E-state index contributed by atoms with van der Waals surface area (Å²) < 4.78 is 19.8. The smallest absolute Gasteiger partial charge is 0.254 e. The Bertz CT molecular complexity index is 764. The highest BCUT2D eigenvalue weighted by molar-refractivity contribution is 5.95. The highest BCUT2D eigenvalue weighted by atomic mass is 19.1. The van der Waals surface area contributed by atoms with Crippen LogP contribution >= 0.6 is 0 Å². The van der Waals surface area contributed by atoms with E-state index >= 15 is 0 Å². The van der Waals surface area contributed by atoms with Crippen LogP contribution in [0, 0.1) is 5.82 Å². The van der Waals surface area contributed by atoms with Gasteiger partial charge >= 0.3 is 0 Å². The van der Waals surface area contributed by atoms with Gasteiger partial charge in [-0.3, -0.25) is 4.79 Å². The van der Waals surface area contributed by atoms with Crippen LogP contribution in [0.2, 0.25) is 0 Å². The summed E-state index contributed by atoms with van der Waals surface area (Å²) in [6, 6.07) is 11.8. The number of hydrogen-bond acceptors (Lipinski definition) is 4. The minimum Gasteiger partial charge on any atom is -0.457 e. The minimum absolute atomic E-state index is 0.00318. The summed E-state index contributed by atoms with van der Waals surface area (Å²) in [5, 5.41) is 2.85. The van der Waals surface area contributed by atoms with Crippen molar-refractivity contribution in [1.82, 2.24) is 5.32 Å². The molecule has 0 heterocycles. The van der Waals surface area contributed by atoms with Crippen LogP contribution in [0.3, 0.4) is 0 Å². The van der Waals surface area contributed by atoms with Crippen LogP contribution in [-0.4, -0.2) is 24.5 Å². The molecule has 2 atom stereocenters. The molecule has 0 saturated heterocycles. The summed E-state index contributed by atoms with van der Waals surface area (Å²) >= 11 is 0. The quantitative estimate of drug-likeness (QED) is 0.741. The van der Waals surface area contributed by atoms with E-state index in [1.54, 1.807) is 0 Å². The number of benzene rings is 2. The Labute approximate surface area is 152 Å². The molecule has 0 radical (unpaired) electrons. The highest BCUT2D eigenvalue weighted by Gasteiger charge is 2.24. The van der Waals surface area contributed by atoms with Gasteiger partial charge in [-0.15, -0.1) is 0 Å². The van der Waals surface area contributed by atoms with Gasteiger partial charge in [0.25, 0.3) is 5.91 Å². The second-order valence-corrected chi connectivity index (χ2v) is 6.67. The van der Waals surface area contributed by atoms with Crippen LogP contribution in [0.15, 0.2) is 42.5 Å². The van der Waals surface area contributed by atoms with Gasteiger partial charge in [0.15, 0.2) is 0 Å². The van der Waals surface area contributed by atoms with Gasteiger partial charge in [-0.25, -0.2) is 4.39 Å². The SMILES string of the molecule is NCCc1ccc(Oc2ccc(F)c(C(=O)N[C@@H]3CC[C@@H](N)C3)c2)cc1. The summed E-state index contributed by atoms with van der Waals surface area (Å²) in [5.41, 5.74) is 12.5. The predicted octanol–water partition coefficient (Wildman–Crippen LogP) is 2.73. The number of carbonyl (C=O) groups excluding carboxylic acids is 1. The molecule has 5 N–H and O–H groups in total. The van der Waals surface area contributed by atoms with Crippen LogP contribution < -0.4 is 21.5 Å². The number of carbonyl (C=O) groups is 1. The zero-order valence-electron chi connectivity index (χ0n) is 14.6. The van der Waals surface area contributed by atoms with Gasteiger partial charge in [0.1, 0.15) is 17.3 Å². The molecule has 6 heteroatoms. The highest BCUT2D eigenvalue weighted by Crippen LogP contribution is 2.25. The maximum absolute atomic E-state index is 14.1. The van der Waals surface area contributed by atoms with Gasteiger partial charge < -0.3 is 21.5 Å². The van der Waals surface area contributed by atoms with Crippen molar-refractivity contribution in [2.75, 3.05) is 6.54 Å². The third-order valence-corrected chi connectivity index (χ3v) is 4.58. The molecule has 1 amide bonds. The van der Waals surface area contributed by atoms with E-state index in [1.807, 2.05) is 24.3 Å². The molecule has 138 valence electrons. The first-order valence-corrected chi connectivity index (χ1v) is 8.88. The summed E-state index contributed by atoms with van der Waals surface area (Å²) in [5.74, 6) is 0.0116. The second kappa shape index (κ2) is 8.29. The van der Waals surface area contributed by atoms with E-state index in [9.17, 15) is 9.18 Å². The van der Waals surface area contributed by atoms with Crippen molar-refractivity contribution in [2.45, 2.75) is 37.8 Å². The Morgan fingerprint density at radius 1 is 1.15 bits per heavy atom. The van der Waals surface area contributed by atoms with Crippen LogP contribution in [-0.2, 0) is 6.42 Å². The largest absolute Gasteiger partial charge is 0.457 e. The van der Waals surface area contributed by atoms with E-state index < -0.39 is 11.7 Å². The summed E-state index contributed by atoms with van der Waals surface area (Å²) in [7, 11) is 0. The van der Waals surface area contributed by atoms with Crippen molar-refractivity contribution in [3.8, 4) is 11.5 Å². The fourth-order valence-electron chi connectivity index (χ4n) is 3.18. The van der Waals surface area contributed by atoms with E-state index in [0.29, 0.717) is 18.0 Å². The molecule has 0 spiro atoms. The lowest BCUT2D eigenvalue weighted by molar-refractivity contribution is 0.0933. The maximum Gasteiger partial charge on any atom is 0.254 e. The van der Waals surface area contributed by atoms with Gasteiger partial charge in [0.05, 0.1) is 5.56 Å². The lowest BCUT2D eigenvalue weighted by atomic mass is 10.1. The third-order valence-electron chi connectivity index (χ3n) is 4.58. The maximum atomic E-state index is 14.1. The van der Waals surface area contributed by atoms with Gasteiger partial charge in [-0.05, 0) is 68.1 Å². The Morgan fingerprint density at radius 3 is 2.54 bits per heavy atom. The number of nitrogens with two attached hydrogens (primary N) is 2. The van der Waals surface area contributed by atoms with Crippen molar-refractivity contribution >= 4 is 5.91 Å². The molecule has 1 saturated carbocycles. The van der Waals surface area contributed by atoms with E-state index in [1.165, 1.54) is 18.2 Å². The monoisotopic (exact) mass is 357 g/mol. The molecule has 1 aliphatic carbocycles. The molecule has 0 aromatic heterocycles. The molecule has 2 aromatic rings. The zero-order valence-corrected chi connectivity index (χ0v) is 14.6. The lowest BCUT2D eigenvalue weighted by Gasteiger charge is -2.14. The lowest BCUT2D eigenvalue weighted by Crippen LogP contribution is -2.34. The van der Waals surface area contributed by atoms with Gasteiger partial charge in [-0.2, -0.15) is 0 Å². The zero-order chi connectivity index (χ0) is 18.5. The minimum atomic E-state index is -0.574. The normalized spacial score (nSPS) is 19.3. The fraction of sp³-hybridized carbons (Fsp3) is 0.350. The van der Waals surface area contributed by atoms with Crippen molar-refractivity contribution in [1.29, 1.82) is 0 Å². The average Bonchev–Trinajstić information content (AvgIpc) is 3.03. The predicted molar refractivity (Wildman–Crippen MR) is 98.8 cm³/mol. The summed E-state index contributed by atoms with van der Waals surface area (Å²) in [6.07, 6.45) is 3.21. The van der Waals surface area contributed by atoms with Gasteiger partial charge in [-0.1, -0.05) is 12.1 Å². The van der Waals surface area contributed by atoms with Crippen molar-refractivity contribution < 1.29 is 13.9 Å². The number of amides is 1. The number of halogens is 1. The number of rotatable bonds is 6. The second-order valence-electron chi connectivity index (χ2n) is 6.67. The first-order valence-electron chi connectivity index (χ1n) is 8.88. The Hall–Kier alpha value is -2.44. The Morgan fingerprint density at radius 2 is 1.88 bits per heavy atom. The van der Waals surface area contributed by atoms with Gasteiger partial charge in [0, 0.05) is 12.1 Å². The van der Waals surface area contributed by atoms with Crippen LogP contribution in [0.25, 0.3) is 0 Å². The first-order chi connectivity index (χ1) is 12.5. The molecule has 0 unspecified atom stereocenters. The van der Waals surface area contributed by atoms with Crippen LogP contribution in [0.1, 0.15) is 35.2 Å². The molecule has 26 heavy (non-hydrogen) atoms. The Balaban J connectivity index is 1.69. The van der Waals surface area contributed by atoms with Crippen molar-refractivity contribution in [2.24, 2.45) is 11.5 Å². The molecule has 0 bridgehead atoms. The standard InChI is InChI=1S/C20H24FN3O2/c21-19-8-7-17(26-16-5-1-13(2-6-16)9-10-22)12-18(19)20(25)24-15-4-3-14(23)11-15/h1-2,5-8,12,14-15H,3-4,9-11,22-23H2,(H,24,25)/t14-,15-/m1/s1. The van der Waals surface area contributed by atoms with Crippen molar-refractivity contribution in [3.05, 3.63) is 59.4 Å². The molecular weight excluding hydrogens is 333 g/mol. The molecule has 1 aliphatic rings. The fourth-order valence-corrected chi connectivity index (χ4v) is 3.18. The first kappa shape index (κ1) is 18.4. The molecule has 0 aliphatic heterocycles. The third kappa shape index (κ3) is 4.59. The van der Waals surface area contributed by atoms with Crippen molar-refractivity contribution in [3.63, 3.8) is 0 Å². The molecular formula is C20H24FN3O2. The van der Waals surface area contributed by atoms with Crippen LogP contribution in [0.4, 0.5) is 4.39 Å². The molecule has 2 aromatic carbocycles. The van der Waals surface area contributed by atoms with Crippen LogP contribution in [0.5, 0.6) is 11.5 Å².